The molecule has 0 bridgehead atoms. The maximum Gasteiger partial charge on any atom is 0.236 e. The Kier molecular flexibility index (Phi) is 7.52. The Balaban J connectivity index is 1.64. The van der Waals surface area contributed by atoms with Crippen molar-refractivity contribution in [3.05, 3.63) is 53.6 Å². The zero-order valence-electron chi connectivity index (χ0n) is 16.5. The van der Waals surface area contributed by atoms with Gasteiger partial charge in [0.05, 0.1) is 5.75 Å². The lowest BCUT2D eigenvalue weighted by Crippen LogP contribution is -2.15. The smallest absolute Gasteiger partial charge is 0.236 e. The summed E-state index contributed by atoms with van der Waals surface area (Å²) < 4.78 is 20.8. The molecule has 2 aromatic heterocycles. The van der Waals surface area contributed by atoms with E-state index in [0.29, 0.717) is 28.4 Å². The quantitative estimate of drug-likeness (QED) is 0.371. The van der Waals surface area contributed by atoms with Crippen LogP contribution in [-0.4, -0.2) is 36.6 Å². The highest BCUT2D eigenvalue weighted by molar-refractivity contribution is 7.99. The summed E-state index contributed by atoms with van der Waals surface area (Å²) in [6, 6.07) is 5.77. The van der Waals surface area contributed by atoms with Gasteiger partial charge in [0, 0.05) is 6.54 Å². The van der Waals surface area contributed by atoms with Crippen LogP contribution in [0.5, 0.6) is 5.75 Å². The van der Waals surface area contributed by atoms with Crippen LogP contribution in [0.4, 0.5) is 9.52 Å². The third-order valence-corrected chi connectivity index (χ3v) is 5.85. The predicted octanol–water partition coefficient (Wildman–Crippen LogP) is 3.89. The molecule has 2 heterocycles. The molecule has 11 heteroatoms. The summed E-state index contributed by atoms with van der Waals surface area (Å²) in [5, 5.41) is 21.0. The molecule has 0 spiro atoms. The maximum atomic E-state index is 13.1. The van der Waals surface area contributed by atoms with E-state index in [4.69, 9.17) is 4.74 Å². The number of rotatable bonds is 10. The molecule has 0 saturated carbocycles. The van der Waals surface area contributed by atoms with Gasteiger partial charge in [-0.05, 0) is 37.6 Å². The number of aryl methyl sites for hydroxylation is 1. The fourth-order valence-electron chi connectivity index (χ4n) is 2.51. The van der Waals surface area contributed by atoms with Gasteiger partial charge in [0.15, 0.2) is 17.1 Å². The van der Waals surface area contributed by atoms with Crippen molar-refractivity contribution in [3.63, 3.8) is 0 Å². The highest BCUT2D eigenvalue weighted by atomic mass is 32.2. The number of thioether (sulfide) groups is 1. The number of aromatic nitrogens is 5. The number of anilines is 1. The topological polar surface area (TPSA) is 94.8 Å². The van der Waals surface area contributed by atoms with Gasteiger partial charge in [-0.3, -0.25) is 14.7 Å². The van der Waals surface area contributed by atoms with Crippen molar-refractivity contribution in [2.24, 2.45) is 0 Å². The number of nitrogens with one attached hydrogen (secondary N) is 1. The first kappa shape index (κ1) is 21.9. The molecule has 30 heavy (non-hydrogen) atoms. The number of hydrogen-bond acceptors (Lipinski definition) is 8. The number of benzene rings is 1. The van der Waals surface area contributed by atoms with Gasteiger partial charge in [-0.2, -0.15) is 0 Å². The van der Waals surface area contributed by atoms with Crippen LogP contribution in [0.2, 0.25) is 0 Å². The second-order valence-electron chi connectivity index (χ2n) is 6.15. The molecule has 158 valence electrons. The molecule has 0 aliphatic heterocycles. The summed E-state index contributed by atoms with van der Waals surface area (Å²) in [6.45, 7) is 8.04. The van der Waals surface area contributed by atoms with Crippen molar-refractivity contribution in [3.8, 4) is 5.75 Å². The number of halogens is 1. The van der Waals surface area contributed by atoms with Gasteiger partial charge in [-0.15, -0.1) is 27.0 Å². The molecule has 1 amide bonds. The average Bonchev–Trinajstić information content (AvgIpc) is 3.35. The highest BCUT2D eigenvalue weighted by Crippen LogP contribution is 2.25. The second-order valence-corrected chi connectivity index (χ2v) is 8.15. The predicted molar refractivity (Wildman–Crippen MR) is 114 cm³/mol. The Hall–Kier alpha value is -2.79. The Morgan fingerprint density at radius 3 is 2.77 bits per heavy atom. The van der Waals surface area contributed by atoms with Crippen molar-refractivity contribution in [2.75, 3.05) is 11.1 Å². The fourth-order valence-corrected chi connectivity index (χ4v) is 3.96. The van der Waals surface area contributed by atoms with Crippen LogP contribution in [0.1, 0.15) is 30.8 Å². The van der Waals surface area contributed by atoms with Gasteiger partial charge < -0.3 is 4.74 Å². The number of allylic oxidation sites excluding steroid dienone is 1. The number of hydrogen-bond donors (Lipinski definition) is 1. The van der Waals surface area contributed by atoms with Gasteiger partial charge in [-0.1, -0.05) is 36.1 Å². The number of amides is 1. The lowest BCUT2D eigenvalue weighted by atomic mass is 10.3. The molecule has 0 aliphatic carbocycles. The number of carbonyl (C=O) groups is 1. The maximum absolute atomic E-state index is 13.1. The molecule has 1 unspecified atom stereocenters. The molecule has 0 fully saturated rings. The summed E-state index contributed by atoms with van der Waals surface area (Å²) in [5.74, 6) is 0.710. The van der Waals surface area contributed by atoms with E-state index in [1.165, 1.54) is 35.2 Å². The van der Waals surface area contributed by atoms with E-state index in [1.807, 2.05) is 18.4 Å². The van der Waals surface area contributed by atoms with Gasteiger partial charge >= 0.3 is 0 Å². The van der Waals surface area contributed by atoms with Crippen molar-refractivity contribution < 1.29 is 13.9 Å². The monoisotopic (exact) mass is 448 g/mol. The van der Waals surface area contributed by atoms with Crippen molar-refractivity contribution in [1.82, 2.24) is 25.0 Å². The first-order chi connectivity index (χ1) is 14.5. The van der Waals surface area contributed by atoms with E-state index in [2.05, 4.69) is 32.3 Å². The summed E-state index contributed by atoms with van der Waals surface area (Å²) in [6.07, 6.45) is 2.06. The Labute approximate surface area is 181 Å². The van der Waals surface area contributed by atoms with Crippen LogP contribution in [-0.2, 0) is 17.8 Å². The first-order valence-corrected chi connectivity index (χ1v) is 11.0. The first-order valence-electron chi connectivity index (χ1n) is 9.21. The van der Waals surface area contributed by atoms with Crippen molar-refractivity contribution >= 4 is 34.1 Å². The largest absolute Gasteiger partial charge is 0.483 e. The lowest BCUT2D eigenvalue weighted by Gasteiger charge is -2.15. The summed E-state index contributed by atoms with van der Waals surface area (Å²) in [7, 11) is 0. The number of ether oxygens (including phenoxy) is 1. The molecule has 0 radical (unpaired) electrons. The minimum Gasteiger partial charge on any atom is -0.483 e. The molecular formula is C19H21FN6O2S2. The Morgan fingerprint density at radius 2 is 2.10 bits per heavy atom. The minimum absolute atomic E-state index is 0.142. The average molecular weight is 449 g/mol. The van der Waals surface area contributed by atoms with E-state index < -0.39 is 6.10 Å². The van der Waals surface area contributed by atoms with Crippen molar-refractivity contribution in [2.45, 2.75) is 38.1 Å². The van der Waals surface area contributed by atoms with Gasteiger partial charge in [0.25, 0.3) is 0 Å². The normalized spacial score (nSPS) is 11.8. The standard InChI is InChI=1S/C19H21FN6O2S2/c1-4-10-26-17(12(3)28-14-8-6-13(20)7-9-14)23-25-19(26)29-11-15(27)21-18-24-22-16(5-2)30-18/h4,6-9,12H,1,5,10-11H2,2-3H3,(H,21,24,27). The minimum atomic E-state index is -0.431. The van der Waals surface area contributed by atoms with Crippen LogP contribution in [0.15, 0.2) is 42.1 Å². The van der Waals surface area contributed by atoms with Crippen molar-refractivity contribution in [1.29, 1.82) is 0 Å². The van der Waals surface area contributed by atoms with Gasteiger partial charge in [0.1, 0.15) is 16.6 Å². The number of nitrogens with zero attached hydrogens (tertiary/aromatic N) is 5. The fraction of sp³-hybridized carbons (Fsp3) is 0.316. The molecule has 1 atom stereocenters. The Bertz CT molecular complexity index is 1000. The molecule has 8 nitrogen and oxygen atoms in total. The molecule has 3 rings (SSSR count). The summed E-state index contributed by atoms with van der Waals surface area (Å²) >= 11 is 2.61. The van der Waals surface area contributed by atoms with Crippen LogP contribution < -0.4 is 10.1 Å². The van der Waals surface area contributed by atoms with E-state index in [9.17, 15) is 9.18 Å². The van der Waals surface area contributed by atoms with E-state index in [1.54, 1.807) is 18.2 Å². The summed E-state index contributed by atoms with van der Waals surface area (Å²) in [4.78, 5) is 12.2. The van der Waals surface area contributed by atoms with E-state index in [-0.39, 0.29) is 17.5 Å². The van der Waals surface area contributed by atoms with Crippen LogP contribution in [0, 0.1) is 5.82 Å². The van der Waals surface area contributed by atoms with Gasteiger partial charge in [-0.25, -0.2) is 4.39 Å². The molecule has 0 aliphatic rings. The van der Waals surface area contributed by atoms with Crippen LogP contribution in [0.3, 0.4) is 0 Å². The van der Waals surface area contributed by atoms with E-state index in [0.717, 1.165) is 11.4 Å². The molecule has 1 N–H and O–H groups in total. The third kappa shape index (κ3) is 5.63. The zero-order valence-corrected chi connectivity index (χ0v) is 18.2. The Morgan fingerprint density at radius 1 is 1.33 bits per heavy atom. The number of carbonyl (C=O) groups excluding carboxylic acids is 1. The third-order valence-electron chi connectivity index (χ3n) is 3.90. The zero-order chi connectivity index (χ0) is 21.5. The molecule has 3 aromatic rings. The molecule has 1 aromatic carbocycles. The van der Waals surface area contributed by atoms with Crippen LogP contribution >= 0.6 is 23.1 Å². The lowest BCUT2D eigenvalue weighted by molar-refractivity contribution is -0.113. The molecular weight excluding hydrogens is 427 g/mol. The highest BCUT2D eigenvalue weighted by Gasteiger charge is 2.20. The summed E-state index contributed by atoms with van der Waals surface area (Å²) in [5.41, 5.74) is 0. The van der Waals surface area contributed by atoms with Gasteiger partial charge in [0.2, 0.25) is 11.0 Å². The SMILES string of the molecule is C=CCn1c(SCC(=O)Nc2nnc(CC)s2)nnc1C(C)Oc1ccc(F)cc1. The molecule has 0 saturated heterocycles. The second kappa shape index (κ2) is 10.3. The van der Waals surface area contributed by atoms with Crippen LogP contribution in [0.25, 0.3) is 0 Å². The van der Waals surface area contributed by atoms with E-state index >= 15 is 0 Å².